The molecule has 0 aliphatic heterocycles. The second-order valence-electron chi connectivity index (χ2n) is 10.6. The van der Waals surface area contributed by atoms with E-state index in [1.54, 1.807) is 13.1 Å². The van der Waals surface area contributed by atoms with Crippen molar-refractivity contribution in [2.24, 2.45) is 23.5 Å². The molecule has 0 aliphatic carbocycles. The number of para-hydroxylation sites is 1. The van der Waals surface area contributed by atoms with Crippen molar-refractivity contribution in [3.63, 3.8) is 0 Å². The van der Waals surface area contributed by atoms with Crippen LogP contribution in [0.5, 0.6) is 0 Å². The Balaban J connectivity index is 2.37. The van der Waals surface area contributed by atoms with Crippen molar-refractivity contribution >= 4 is 34.6 Å². The van der Waals surface area contributed by atoms with Crippen LogP contribution in [0.2, 0.25) is 0 Å². The first-order valence-electron chi connectivity index (χ1n) is 13.9. The first kappa shape index (κ1) is 31.8. The molecule has 0 saturated carbocycles. The number of aromatic nitrogens is 1. The molecule has 0 bridgehead atoms. The lowest BCUT2D eigenvalue weighted by molar-refractivity contribution is -0.144. The molecule has 10 nitrogen and oxygen atoms in total. The van der Waals surface area contributed by atoms with E-state index in [2.05, 4.69) is 20.9 Å². The lowest BCUT2D eigenvalue weighted by Gasteiger charge is -2.29. The average molecular weight is 544 g/mol. The summed E-state index contributed by atoms with van der Waals surface area (Å²) in [6.07, 6.45) is 3.77. The highest BCUT2D eigenvalue weighted by atomic mass is 16.4. The Kier molecular flexibility index (Phi) is 12.0. The molecule has 0 spiro atoms. The van der Waals surface area contributed by atoms with E-state index in [0.29, 0.717) is 19.3 Å². The van der Waals surface area contributed by atoms with Gasteiger partial charge in [-0.2, -0.15) is 0 Å². The maximum absolute atomic E-state index is 13.6. The van der Waals surface area contributed by atoms with Gasteiger partial charge in [-0.1, -0.05) is 79.0 Å². The van der Waals surface area contributed by atoms with Gasteiger partial charge in [0.1, 0.15) is 18.1 Å². The van der Waals surface area contributed by atoms with Gasteiger partial charge in [-0.25, -0.2) is 4.79 Å². The molecule has 0 aliphatic rings. The molecule has 7 atom stereocenters. The Labute approximate surface area is 230 Å². The number of hydrogen-bond donors (Lipinski definition) is 6. The molecule has 1 heterocycles. The molecule has 2 aromatic rings. The molecular weight excluding hydrogens is 498 g/mol. The zero-order chi connectivity index (χ0) is 29.3. The van der Waals surface area contributed by atoms with Crippen molar-refractivity contribution in [2.75, 3.05) is 0 Å². The number of rotatable bonds is 15. The number of carboxylic acids is 1. The number of carbonyl (C=O) groups is 4. The van der Waals surface area contributed by atoms with E-state index in [-0.39, 0.29) is 24.2 Å². The van der Waals surface area contributed by atoms with Gasteiger partial charge in [0.2, 0.25) is 17.7 Å². The largest absolute Gasteiger partial charge is 0.480 e. The number of carbonyl (C=O) groups excluding carboxylic acids is 3. The van der Waals surface area contributed by atoms with Gasteiger partial charge in [0.05, 0.1) is 6.04 Å². The van der Waals surface area contributed by atoms with Crippen molar-refractivity contribution in [1.82, 2.24) is 20.9 Å². The number of fused-ring (bicyclic) bond motifs is 1. The number of aromatic amines is 1. The van der Waals surface area contributed by atoms with Crippen molar-refractivity contribution < 1.29 is 24.3 Å². The summed E-state index contributed by atoms with van der Waals surface area (Å²) in [7, 11) is 0. The van der Waals surface area contributed by atoms with Gasteiger partial charge in [0.15, 0.2) is 0 Å². The molecule has 0 saturated heterocycles. The van der Waals surface area contributed by atoms with Crippen LogP contribution in [-0.2, 0) is 25.6 Å². The number of benzene rings is 1. The van der Waals surface area contributed by atoms with Gasteiger partial charge in [-0.15, -0.1) is 0 Å². The van der Waals surface area contributed by atoms with Crippen molar-refractivity contribution in [2.45, 2.75) is 91.4 Å². The Morgan fingerprint density at radius 2 is 1.38 bits per heavy atom. The molecule has 0 radical (unpaired) electrons. The molecule has 7 N–H and O–H groups in total. The quantitative estimate of drug-likeness (QED) is 0.202. The van der Waals surface area contributed by atoms with Gasteiger partial charge < -0.3 is 31.8 Å². The zero-order valence-corrected chi connectivity index (χ0v) is 23.9. The normalized spacial score (nSPS) is 16.8. The maximum Gasteiger partial charge on any atom is 0.326 e. The second kappa shape index (κ2) is 14.7. The molecule has 0 fully saturated rings. The van der Waals surface area contributed by atoms with E-state index in [4.69, 9.17) is 5.73 Å². The van der Waals surface area contributed by atoms with Gasteiger partial charge in [0, 0.05) is 23.5 Å². The molecule has 39 heavy (non-hydrogen) atoms. The van der Waals surface area contributed by atoms with E-state index in [1.807, 2.05) is 58.9 Å². The van der Waals surface area contributed by atoms with Gasteiger partial charge in [0.25, 0.3) is 0 Å². The van der Waals surface area contributed by atoms with Gasteiger partial charge in [-0.3, -0.25) is 14.4 Å². The average Bonchev–Trinajstić information content (AvgIpc) is 3.34. The summed E-state index contributed by atoms with van der Waals surface area (Å²) in [5, 5.41) is 18.9. The fourth-order valence-corrected chi connectivity index (χ4v) is 4.39. The molecular formula is C29H45N5O5. The van der Waals surface area contributed by atoms with Crippen LogP contribution in [-0.4, -0.2) is 57.9 Å². The number of aliphatic carboxylic acids is 1. The molecule has 1 aromatic heterocycles. The minimum absolute atomic E-state index is 0.0699. The Bertz CT molecular complexity index is 1130. The molecule has 10 heteroatoms. The number of carboxylic acid groups (broad SMARTS) is 1. The minimum atomic E-state index is -1.14. The Morgan fingerprint density at radius 1 is 0.821 bits per heavy atom. The third kappa shape index (κ3) is 8.29. The number of nitrogens with two attached hydrogens (primary N) is 1. The predicted octanol–water partition coefficient (Wildman–Crippen LogP) is 2.72. The molecule has 1 aromatic carbocycles. The van der Waals surface area contributed by atoms with Crippen molar-refractivity contribution in [3.8, 4) is 0 Å². The van der Waals surface area contributed by atoms with E-state index in [0.717, 1.165) is 16.5 Å². The molecule has 2 rings (SSSR count). The van der Waals surface area contributed by atoms with E-state index < -0.39 is 47.9 Å². The first-order valence-corrected chi connectivity index (χ1v) is 13.9. The van der Waals surface area contributed by atoms with Crippen LogP contribution in [0.4, 0.5) is 0 Å². The third-order valence-corrected chi connectivity index (χ3v) is 7.86. The van der Waals surface area contributed by atoms with Crippen LogP contribution in [0.15, 0.2) is 30.5 Å². The van der Waals surface area contributed by atoms with Gasteiger partial charge >= 0.3 is 5.97 Å². The van der Waals surface area contributed by atoms with Crippen molar-refractivity contribution in [3.05, 3.63) is 36.0 Å². The fourth-order valence-electron chi connectivity index (χ4n) is 4.39. The van der Waals surface area contributed by atoms with Crippen LogP contribution >= 0.6 is 0 Å². The van der Waals surface area contributed by atoms with E-state index >= 15 is 0 Å². The van der Waals surface area contributed by atoms with Crippen molar-refractivity contribution in [1.29, 1.82) is 0 Å². The Hall–Kier alpha value is -3.40. The predicted molar refractivity (Wildman–Crippen MR) is 152 cm³/mol. The number of amides is 3. The van der Waals surface area contributed by atoms with Crippen LogP contribution in [0, 0.1) is 17.8 Å². The molecule has 3 amide bonds. The summed E-state index contributed by atoms with van der Waals surface area (Å²) >= 11 is 0. The highest BCUT2D eigenvalue weighted by Crippen LogP contribution is 2.20. The second-order valence-corrected chi connectivity index (χ2v) is 10.6. The first-order chi connectivity index (χ1) is 18.4. The smallest absolute Gasteiger partial charge is 0.326 e. The number of hydrogen-bond acceptors (Lipinski definition) is 5. The van der Waals surface area contributed by atoms with E-state index in [1.165, 1.54) is 0 Å². The summed E-state index contributed by atoms with van der Waals surface area (Å²) < 4.78 is 0. The van der Waals surface area contributed by atoms with Crippen LogP contribution in [0.3, 0.4) is 0 Å². The molecule has 7 unspecified atom stereocenters. The summed E-state index contributed by atoms with van der Waals surface area (Å²) in [5.41, 5.74) is 7.79. The maximum atomic E-state index is 13.6. The topological polar surface area (TPSA) is 166 Å². The van der Waals surface area contributed by atoms with E-state index in [9.17, 15) is 24.3 Å². The minimum Gasteiger partial charge on any atom is -0.480 e. The highest BCUT2D eigenvalue weighted by Gasteiger charge is 2.34. The van der Waals surface area contributed by atoms with Crippen LogP contribution < -0.4 is 21.7 Å². The lowest BCUT2D eigenvalue weighted by atomic mass is 9.94. The summed E-state index contributed by atoms with van der Waals surface area (Å²) in [6.45, 7) is 11.2. The summed E-state index contributed by atoms with van der Waals surface area (Å²) in [5.74, 6) is -3.31. The van der Waals surface area contributed by atoms with Gasteiger partial charge in [-0.05, 0) is 29.4 Å². The standard InChI is InChI=1S/C29H45N5O5/c1-7-16(4)23(30)27(36)33-24(17(5)8-2)28(37)32-22(26(35)34-25(29(38)39)18(6)9-3)14-19-15-31-21-13-11-10-12-20(19)21/h10-13,15-18,22-25,31H,7-9,14,30H2,1-6H3,(H,32,37)(H,33,36)(H,34,35)(H,38,39). The number of nitrogens with one attached hydrogen (secondary N) is 4. The third-order valence-electron chi connectivity index (χ3n) is 7.86. The van der Waals surface area contributed by atoms with Crippen LogP contribution in [0.25, 0.3) is 10.9 Å². The number of H-pyrrole nitrogens is 1. The van der Waals surface area contributed by atoms with Crippen LogP contribution in [0.1, 0.15) is 66.4 Å². The zero-order valence-electron chi connectivity index (χ0n) is 23.9. The lowest BCUT2D eigenvalue weighted by Crippen LogP contribution is -2.60. The Morgan fingerprint density at radius 3 is 1.97 bits per heavy atom. The summed E-state index contributed by atoms with van der Waals surface area (Å²) in [4.78, 5) is 55.0. The monoisotopic (exact) mass is 543 g/mol. The summed E-state index contributed by atoms with van der Waals surface area (Å²) in [6, 6.07) is 3.72. The fraction of sp³-hybridized carbons (Fsp3) is 0.586. The molecule has 216 valence electrons. The SMILES string of the molecule is CCC(C)C(N)C(=O)NC(C(=O)NC(Cc1c[nH]c2ccccc12)C(=O)NC(C(=O)O)C(C)CC)C(C)CC. The highest BCUT2D eigenvalue weighted by molar-refractivity contribution is 5.95.